The quantitative estimate of drug-likeness (QED) is 0.0260. The molecular formula is C42H80N14O12. The van der Waals surface area contributed by atoms with Gasteiger partial charge in [-0.15, -0.1) is 0 Å². The van der Waals surface area contributed by atoms with Crippen LogP contribution >= 0.6 is 0 Å². The van der Waals surface area contributed by atoms with Gasteiger partial charge >= 0.3 is 0 Å². The molecule has 0 aliphatic rings. The summed E-state index contributed by atoms with van der Waals surface area (Å²) < 4.78 is 0. The van der Waals surface area contributed by atoms with E-state index in [9.17, 15) is 58.2 Å². The van der Waals surface area contributed by atoms with Crippen LogP contribution in [0.15, 0.2) is 0 Å². The maximum absolute atomic E-state index is 13.6. The smallest absolute Gasteiger partial charge is 0.249 e. The molecule has 0 heterocycles. The molecular weight excluding hydrogens is 893 g/mol. The van der Waals surface area contributed by atoms with E-state index in [0.29, 0.717) is 6.42 Å². The molecule has 0 saturated carbocycles. The van der Waals surface area contributed by atoms with Crippen LogP contribution in [0.1, 0.15) is 98.8 Å². The Balaban J connectivity index is 5.52. The van der Waals surface area contributed by atoms with Gasteiger partial charge in [-0.25, -0.2) is 0 Å². The van der Waals surface area contributed by atoms with Gasteiger partial charge in [-0.3, -0.25) is 47.9 Å². The summed E-state index contributed by atoms with van der Waals surface area (Å²) in [6, 6.07) is -7.55. The van der Waals surface area contributed by atoms with E-state index in [1.54, 1.807) is 20.8 Å². The molecule has 10 amide bonds. The number of nitrogens with one attached hydrogen (secondary N) is 10. The first-order valence-corrected chi connectivity index (χ1v) is 23.3. The van der Waals surface area contributed by atoms with E-state index in [0.717, 1.165) is 19.3 Å². The zero-order valence-corrected chi connectivity index (χ0v) is 40.2. The lowest BCUT2D eigenvalue weighted by molar-refractivity contribution is -0.135. The Hall–Kier alpha value is -5.54. The first-order chi connectivity index (χ1) is 32.2. The average molecular weight is 973 g/mol. The molecule has 0 aromatic carbocycles. The van der Waals surface area contributed by atoms with Crippen molar-refractivity contribution in [1.29, 1.82) is 0 Å². The molecule has 390 valence electrons. The molecule has 0 aromatic rings. The first kappa shape index (κ1) is 62.5. The summed E-state index contributed by atoms with van der Waals surface area (Å²) in [6.07, 6.45) is 0.943. The number of aliphatic hydroxyl groups excluding tert-OH is 2. The van der Waals surface area contributed by atoms with Crippen molar-refractivity contribution in [3.05, 3.63) is 0 Å². The van der Waals surface area contributed by atoms with Gasteiger partial charge in [-0.2, -0.15) is 0 Å². The van der Waals surface area contributed by atoms with Gasteiger partial charge < -0.3 is 86.3 Å². The lowest BCUT2D eigenvalue weighted by Crippen LogP contribution is -2.60. The highest BCUT2D eigenvalue weighted by Crippen LogP contribution is 2.08. The van der Waals surface area contributed by atoms with Crippen molar-refractivity contribution in [3.8, 4) is 0 Å². The highest BCUT2D eigenvalue weighted by molar-refractivity contribution is 5.97. The molecule has 20 N–H and O–H groups in total. The normalized spacial score (nSPS) is 14.5. The van der Waals surface area contributed by atoms with Crippen molar-refractivity contribution in [2.24, 2.45) is 28.9 Å². The molecule has 0 rings (SSSR count). The number of hydrogen-bond donors (Lipinski definition) is 16. The van der Waals surface area contributed by atoms with E-state index < -0.39 is 127 Å². The summed E-state index contributed by atoms with van der Waals surface area (Å²) in [5.41, 5.74) is 22.7. The topological polar surface area (TPSA) is 436 Å². The van der Waals surface area contributed by atoms with Crippen LogP contribution in [0.2, 0.25) is 0 Å². The molecule has 26 nitrogen and oxygen atoms in total. The van der Waals surface area contributed by atoms with Gasteiger partial charge in [-0.05, 0) is 84.5 Å². The predicted molar refractivity (Wildman–Crippen MR) is 250 cm³/mol. The van der Waals surface area contributed by atoms with Crippen LogP contribution < -0.4 is 76.1 Å². The Kier molecular flexibility index (Phi) is 32.7. The number of hydrogen-bond acceptors (Lipinski definition) is 16. The van der Waals surface area contributed by atoms with E-state index in [1.165, 1.54) is 6.92 Å². The summed E-state index contributed by atoms with van der Waals surface area (Å²) in [5.74, 6) is -7.93. The third-order valence-electron chi connectivity index (χ3n) is 10.1. The van der Waals surface area contributed by atoms with Crippen LogP contribution in [0.25, 0.3) is 0 Å². The van der Waals surface area contributed by atoms with Crippen LogP contribution in [0.3, 0.4) is 0 Å². The van der Waals surface area contributed by atoms with Crippen molar-refractivity contribution < 1.29 is 58.2 Å². The Morgan fingerprint density at radius 1 is 0.426 bits per heavy atom. The van der Waals surface area contributed by atoms with Crippen LogP contribution in [0.5, 0.6) is 0 Å². The minimum Gasteiger partial charge on any atom is -0.391 e. The minimum absolute atomic E-state index is 0.0255. The molecule has 8 atom stereocenters. The summed E-state index contributed by atoms with van der Waals surface area (Å²) >= 11 is 0. The average Bonchev–Trinajstić information content (AvgIpc) is 3.28. The largest absolute Gasteiger partial charge is 0.391 e. The van der Waals surface area contributed by atoms with E-state index in [4.69, 9.17) is 22.9 Å². The van der Waals surface area contributed by atoms with Crippen molar-refractivity contribution >= 4 is 59.1 Å². The van der Waals surface area contributed by atoms with E-state index in [1.807, 2.05) is 6.92 Å². The summed E-state index contributed by atoms with van der Waals surface area (Å²) in [4.78, 5) is 129. The third kappa shape index (κ3) is 26.1. The Bertz CT molecular complexity index is 1620. The van der Waals surface area contributed by atoms with Crippen molar-refractivity contribution in [3.63, 3.8) is 0 Å². The number of carbonyl (C=O) groups is 10. The van der Waals surface area contributed by atoms with Gasteiger partial charge in [0.05, 0.1) is 25.7 Å². The van der Waals surface area contributed by atoms with E-state index in [2.05, 4.69) is 53.2 Å². The standard InChI is InChI=1S/C42H80N14O12/c1-6-8-9-10-11-31(58)41(67)50-23-33(60)52-27(13-17-44)36(62)48-21-32(59)51-26(12-16-43)37(63)49-22-34(61)53-30(20-24(3)4)40(66)55-28(14-18-45)38(64)54-29(15-19-46)39(65)56-35(25(5)57)42(68)47-7-2/h24-31,35,57-58H,6-23,43-46H2,1-5H3,(H,47,68)(H,48,62)(H,49,63)(H,50,67)(H,51,59)(H,52,60)(H,53,61)(H,54,64)(H,55,66)(H,56,65)/t25?,26-,27-,28-,29-,30-,31?,35?/m0/s1. The van der Waals surface area contributed by atoms with Crippen molar-refractivity contribution in [2.45, 2.75) is 147 Å². The fraction of sp³-hybridized carbons (Fsp3) is 0.762. The Morgan fingerprint density at radius 3 is 1.19 bits per heavy atom. The maximum atomic E-state index is 13.6. The number of unbranched alkanes of at least 4 members (excludes halogenated alkanes) is 3. The Morgan fingerprint density at radius 2 is 0.809 bits per heavy atom. The molecule has 0 radical (unpaired) electrons. The highest BCUT2D eigenvalue weighted by Gasteiger charge is 2.33. The van der Waals surface area contributed by atoms with Gasteiger partial charge in [0.25, 0.3) is 0 Å². The van der Waals surface area contributed by atoms with Gasteiger partial charge in [0, 0.05) is 6.54 Å². The number of aliphatic hydroxyl groups is 2. The number of nitrogens with two attached hydrogens (primary N) is 4. The zero-order chi connectivity index (χ0) is 51.8. The zero-order valence-electron chi connectivity index (χ0n) is 40.2. The molecule has 68 heavy (non-hydrogen) atoms. The van der Waals surface area contributed by atoms with Gasteiger partial charge in [0.1, 0.15) is 42.4 Å². The predicted octanol–water partition coefficient (Wildman–Crippen LogP) is -6.47. The molecule has 0 bridgehead atoms. The van der Waals surface area contributed by atoms with Crippen LogP contribution in [-0.2, 0) is 47.9 Å². The Labute approximate surface area is 398 Å². The maximum Gasteiger partial charge on any atom is 0.249 e. The number of likely N-dealkylation sites (N-methyl/N-ethyl adjacent to an activating group) is 1. The van der Waals surface area contributed by atoms with Crippen LogP contribution in [0.4, 0.5) is 0 Å². The second kappa shape index (κ2) is 35.6. The first-order valence-electron chi connectivity index (χ1n) is 23.3. The fourth-order valence-corrected chi connectivity index (χ4v) is 6.43. The van der Waals surface area contributed by atoms with Crippen molar-refractivity contribution in [1.82, 2.24) is 53.2 Å². The SMILES string of the molecule is CCCCCCC(O)C(=O)NCC(=O)N[C@@H](CCN)C(=O)NCC(=O)N[C@@H](CCN)C(=O)NCC(=O)N[C@@H](CC(C)C)C(=O)N[C@@H](CCN)C(=O)N[C@@H](CCN)C(=O)NC(C(=O)NCC)C(C)O. The summed E-state index contributed by atoms with van der Waals surface area (Å²) in [6.45, 7) is 6.73. The van der Waals surface area contributed by atoms with Gasteiger partial charge in [0.15, 0.2) is 0 Å². The van der Waals surface area contributed by atoms with E-state index in [-0.39, 0.29) is 77.2 Å². The van der Waals surface area contributed by atoms with Gasteiger partial charge in [-0.1, -0.05) is 46.5 Å². The van der Waals surface area contributed by atoms with Crippen LogP contribution in [-0.4, -0.2) is 170 Å². The molecule has 0 aromatic heterocycles. The molecule has 0 aliphatic carbocycles. The van der Waals surface area contributed by atoms with Gasteiger partial charge in [0.2, 0.25) is 59.1 Å². The van der Waals surface area contributed by atoms with Crippen LogP contribution in [0, 0.1) is 5.92 Å². The van der Waals surface area contributed by atoms with E-state index >= 15 is 0 Å². The second-order valence-electron chi connectivity index (χ2n) is 16.6. The highest BCUT2D eigenvalue weighted by atomic mass is 16.3. The lowest BCUT2D eigenvalue weighted by Gasteiger charge is -2.27. The number of amides is 10. The summed E-state index contributed by atoms with van der Waals surface area (Å²) in [7, 11) is 0. The molecule has 0 aliphatic heterocycles. The molecule has 0 fully saturated rings. The fourth-order valence-electron chi connectivity index (χ4n) is 6.43. The second-order valence-corrected chi connectivity index (χ2v) is 16.6. The lowest BCUT2D eigenvalue weighted by atomic mass is 10.0. The molecule has 26 heteroatoms. The number of rotatable bonds is 36. The monoisotopic (exact) mass is 973 g/mol. The third-order valence-corrected chi connectivity index (χ3v) is 10.1. The minimum atomic E-state index is -1.33. The van der Waals surface area contributed by atoms with Crippen molar-refractivity contribution in [2.75, 3.05) is 52.4 Å². The number of carbonyl (C=O) groups excluding carboxylic acids is 10. The molecule has 0 spiro atoms. The summed E-state index contributed by atoms with van der Waals surface area (Å²) in [5, 5.41) is 44.5. The molecule has 0 saturated heterocycles. The molecule has 3 unspecified atom stereocenters.